The second-order valence-corrected chi connectivity index (χ2v) is 9.07. The lowest BCUT2D eigenvalue weighted by Crippen LogP contribution is -2.52. The average molecular weight is 490 g/mol. The lowest BCUT2D eigenvalue weighted by Gasteiger charge is -2.29. The Morgan fingerprint density at radius 3 is 2.38 bits per heavy atom. The first-order valence-corrected chi connectivity index (χ1v) is 12.1. The van der Waals surface area contributed by atoms with Crippen LogP contribution in [0.15, 0.2) is 85.1 Å². The van der Waals surface area contributed by atoms with E-state index >= 15 is 0 Å². The number of imide groups is 1. The van der Waals surface area contributed by atoms with Crippen molar-refractivity contribution in [3.8, 4) is 22.5 Å². The van der Waals surface area contributed by atoms with Crippen molar-refractivity contribution in [2.24, 2.45) is 0 Å². The zero-order valence-electron chi connectivity index (χ0n) is 19.8. The van der Waals surface area contributed by atoms with E-state index in [4.69, 9.17) is 4.98 Å². The number of nitrogens with one attached hydrogen (secondary N) is 2. The van der Waals surface area contributed by atoms with Crippen LogP contribution in [0.5, 0.6) is 0 Å². The molecule has 1 atom stereocenters. The largest absolute Gasteiger partial charge is 0.340 e. The molecule has 0 radical (unpaired) electrons. The maximum Gasteiger partial charge on any atom is 0.255 e. The third-order valence-corrected chi connectivity index (χ3v) is 6.75. The monoisotopic (exact) mass is 489 g/mol. The number of carbonyl (C=O) groups excluding carboxylic acids is 3. The molecule has 2 aliphatic rings. The molecule has 2 N–H and O–H groups in total. The van der Waals surface area contributed by atoms with Crippen molar-refractivity contribution in [2.45, 2.75) is 25.4 Å². The Bertz CT molecular complexity index is 1520. The Morgan fingerprint density at radius 1 is 0.838 bits per heavy atom. The van der Waals surface area contributed by atoms with Crippen LogP contribution in [0.4, 0.5) is 11.5 Å². The summed E-state index contributed by atoms with van der Waals surface area (Å²) in [6.07, 6.45) is 2.24. The van der Waals surface area contributed by atoms with Crippen LogP contribution in [0, 0.1) is 0 Å². The molecule has 182 valence electrons. The molecule has 1 aromatic heterocycles. The van der Waals surface area contributed by atoms with Gasteiger partial charge in [-0.05, 0) is 35.7 Å². The van der Waals surface area contributed by atoms with Crippen LogP contribution in [0.3, 0.4) is 0 Å². The van der Waals surface area contributed by atoms with E-state index < -0.39 is 11.9 Å². The zero-order chi connectivity index (χ0) is 25.4. The van der Waals surface area contributed by atoms with Crippen LogP contribution >= 0.6 is 0 Å². The number of fused-ring (bicyclic) bond motifs is 1. The van der Waals surface area contributed by atoms with Gasteiger partial charge in [0, 0.05) is 41.5 Å². The number of hydrogen-bond acceptors (Lipinski definition) is 6. The molecule has 8 heteroatoms. The number of hydrogen-bond donors (Lipinski definition) is 2. The van der Waals surface area contributed by atoms with Gasteiger partial charge >= 0.3 is 0 Å². The van der Waals surface area contributed by atoms with Crippen molar-refractivity contribution in [2.75, 3.05) is 5.32 Å². The van der Waals surface area contributed by atoms with Crippen molar-refractivity contribution in [3.63, 3.8) is 0 Å². The number of rotatable bonds is 5. The number of aromatic nitrogens is 2. The number of carbonyl (C=O) groups is 3. The number of anilines is 2. The van der Waals surface area contributed by atoms with Gasteiger partial charge in [-0.2, -0.15) is 0 Å². The molecule has 8 nitrogen and oxygen atoms in total. The highest BCUT2D eigenvalue weighted by Gasteiger charge is 2.39. The first kappa shape index (κ1) is 22.6. The highest BCUT2D eigenvalue weighted by atomic mass is 16.2. The van der Waals surface area contributed by atoms with Crippen LogP contribution in [0.25, 0.3) is 22.5 Å². The Morgan fingerprint density at radius 2 is 1.59 bits per heavy atom. The summed E-state index contributed by atoms with van der Waals surface area (Å²) < 4.78 is 0. The fourth-order valence-corrected chi connectivity index (χ4v) is 4.85. The minimum absolute atomic E-state index is 0.213. The number of nitrogens with zero attached hydrogens (tertiary/aromatic N) is 3. The minimum Gasteiger partial charge on any atom is -0.340 e. The summed E-state index contributed by atoms with van der Waals surface area (Å²) >= 11 is 0. The predicted octanol–water partition coefficient (Wildman–Crippen LogP) is 4.32. The van der Waals surface area contributed by atoms with E-state index in [1.54, 1.807) is 24.4 Å². The Hall–Kier alpha value is -4.85. The topological polar surface area (TPSA) is 104 Å². The highest BCUT2D eigenvalue weighted by Crippen LogP contribution is 2.33. The van der Waals surface area contributed by atoms with Crippen molar-refractivity contribution >= 4 is 29.2 Å². The first-order valence-electron chi connectivity index (χ1n) is 12.1. The summed E-state index contributed by atoms with van der Waals surface area (Å²) in [6.45, 7) is 0.280. The molecule has 1 unspecified atom stereocenters. The molecule has 1 fully saturated rings. The van der Waals surface area contributed by atoms with Gasteiger partial charge < -0.3 is 10.2 Å². The first-order chi connectivity index (χ1) is 18.1. The molecule has 6 rings (SSSR count). The third kappa shape index (κ3) is 4.33. The summed E-state index contributed by atoms with van der Waals surface area (Å²) in [5, 5.41) is 5.67. The van der Waals surface area contributed by atoms with Gasteiger partial charge in [-0.15, -0.1) is 0 Å². The molecule has 2 aliphatic heterocycles. The lowest BCUT2D eigenvalue weighted by atomic mass is 10.0. The van der Waals surface area contributed by atoms with E-state index in [1.165, 1.54) is 4.90 Å². The number of piperidine rings is 1. The molecule has 4 aromatic rings. The Kier molecular flexibility index (Phi) is 5.69. The smallest absolute Gasteiger partial charge is 0.255 e. The lowest BCUT2D eigenvalue weighted by molar-refractivity contribution is -0.136. The minimum atomic E-state index is -0.657. The van der Waals surface area contributed by atoms with Crippen LogP contribution in [-0.4, -0.2) is 38.6 Å². The third-order valence-electron chi connectivity index (χ3n) is 6.75. The van der Waals surface area contributed by atoms with Gasteiger partial charge in [0.25, 0.3) is 5.91 Å². The van der Waals surface area contributed by atoms with E-state index in [0.717, 1.165) is 27.9 Å². The Balaban J connectivity index is 1.23. The van der Waals surface area contributed by atoms with Gasteiger partial charge in [-0.1, -0.05) is 60.7 Å². The van der Waals surface area contributed by atoms with Crippen molar-refractivity contribution in [1.82, 2.24) is 20.2 Å². The highest BCUT2D eigenvalue weighted by molar-refractivity contribution is 6.06. The molecule has 0 spiro atoms. The number of amides is 3. The van der Waals surface area contributed by atoms with Crippen LogP contribution < -0.4 is 10.6 Å². The summed E-state index contributed by atoms with van der Waals surface area (Å²) in [5.41, 5.74) is 5.23. The van der Waals surface area contributed by atoms with E-state index in [1.807, 2.05) is 48.5 Å². The fourth-order valence-electron chi connectivity index (χ4n) is 4.85. The van der Waals surface area contributed by atoms with Gasteiger partial charge in [0.05, 0.1) is 0 Å². The molecule has 3 amide bonds. The van der Waals surface area contributed by atoms with Crippen LogP contribution in [0.1, 0.15) is 28.8 Å². The molecule has 3 heterocycles. The molecule has 37 heavy (non-hydrogen) atoms. The maximum absolute atomic E-state index is 13.1. The average Bonchev–Trinajstić information content (AvgIpc) is 3.26. The van der Waals surface area contributed by atoms with E-state index in [2.05, 4.69) is 27.8 Å². The predicted molar refractivity (Wildman–Crippen MR) is 139 cm³/mol. The van der Waals surface area contributed by atoms with E-state index in [9.17, 15) is 14.4 Å². The van der Waals surface area contributed by atoms with E-state index in [-0.39, 0.29) is 24.8 Å². The zero-order valence-corrected chi connectivity index (χ0v) is 19.8. The van der Waals surface area contributed by atoms with Gasteiger partial charge in [0.1, 0.15) is 11.9 Å². The van der Waals surface area contributed by atoms with Gasteiger partial charge in [0.15, 0.2) is 5.82 Å². The second kappa shape index (κ2) is 9.31. The van der Waals surface area contributed by atoms with Gasteiger partial charge in [-0.3, -0.25) is 19.7 Å². The SMILES string of the molecule is O=C1CCC(N2Cc3c(Nc4ccnc(-c5ccc(-c6ccccc6)cc5)n4)cccc3C2=O)C(=O)N1. The quantitative estimate of drug-likeness (QED) is 0.405. The van der Waals surface area contributed by atoms with Crippen LogP contribution in [-0.2, 0) is 16.1 Å². The number of benzene rings is 3. The second-order valence-electron chi connectivity index (χ2n) is 9.07. The molecule has 0 aliphatic carbocycles. The molecule has 0 bridgehead atoms. The van der Waals surface area contributed by atoms with Crippen LogP contribution in [0.2, 0.25) is 0 Å². The Labute approximate surface area is 213 Å². The summed E-state index contributed by atoms with van der Waals surface area (Å²) in [7, 11) is 0. The fraction of sp³-hybridized carbons (Fsp3) is 0.138. The standard InChI is InChI=1S/C29H23N5O3/c35-26-14-13-24(28(36)33-26)34-17-22-21(29(34)37)7-4-8-23(22)31-25-15-16-30-27(32-25)20-11-9-19(10-12-20)18-5-2-1-3-6-18/h1-12,15-16,24H,13-14,17H2,(H,30,31,32)(H,33,35,36). The van der Waals surface area contributed by atoms with Crippen molar-refractivity contribution < 1.29 is 14.4 Å². The summed E-state index contributed by atoms with van der Waals surface area (Å²) in [4.78, 5) is 47.7. The van der Waals surface area contributed by atoms with Crippen molar-refractivity contribution in [3.05, 3.63) is 96.2 Å². The van der Waals surface area contributed by atoms with E-state index in [0.29, 0.717) is 23.6 Å². The molecule has 0 saturated carbocycles. The van der Waals surface area contributed by atoms with Crippen molar-refractivity contribution in [1.29, 1.82) is 0 Å². The maximum atomic E-state index is 13.1. The van der Waals surface area contributed by atoms with Gasteiger partial charge in [0.2, 0.25) is 11.8 Å². The van der Waals surface area contributed by atoms with Gasteiger partial charge in [-0.25, -0.2) is 9.97 Å². The molecular formula is C29H23N5O3. The molecule has 1 saturated heterocycles. The normalized spacial score (nSPS) is 16.9. The molecular weight excluding hydrogens is 466 g/mol. The summed E-state index contributed by atoms with van der Waals surface area (Å²) in [5.74, 6) is 0.235. The molecule has 3 aromatic carbocycles. The summed E-state index contributed by atoms with van der Waals surface area (Å²) in [6, 6.07) is 24.8.